The van der Waals surface area contributed by atoms with E-state index >= 15 is 0 Å². The monoisotopic (exact) mass is 586 g/mol. The molecule has 3 aromatic carbocycles. The van der Waals surface area contributed by atoms with Gasteiger partial charge in [-0.3, -0.25) is 9.59 Å². The van der Waals surface area contributed by atoms with Crippen molar-refractivity contribution in [2.24, 2.45) is 0 Å². The average molecular weight is 587 g/mol. The highest BCUT2D eigenvalue weighted by molar-refractivity contribution is 7.89. The van der Waals surface area contributed by atoms with Gasteiger partial charge in [0.25, 0.3) is 11.8 Å². The van der Waals surface area contributed by atoms with Crippen molar-refractivity contribution in [1.82, 2.24) is 8.61 Å². The molecule has 0 spiro atoms. The lowest BCUT2D eigenvalue weighted by atomic mass is 10.2. The minimum atomic E-state index is -3.73. The number of nitrogens with zero attached hydrogens (tertiary/aromatic N) is 2. The van der Waals surface area contributed by atoms with E-state index in [9.17, 15) is 26.4 Å². The van der Waals surface area contributed by atoms with Crippen molar-refractivity contribution in [3.63, 3.8) is 0 Å². The van der Waals surface area contributed by atoms with Crippen LogP contribution in [0.3, 0.4) is 0 Å². The second-order valence-corrected chi connectivity index (χ2v) is 12.6. The van der Waals surface area contributed by atoms with Crippen LogP contribution in [0.4, 0.5) is 11.4 Å². The van der Waals surface area contributed by atoms with Gasteiger partial charge >= 0.3 is 0 Å². The van der Waals surface area contributed by atoms with E-state index in [1.54, 1.807) is 52.0 Å². The first kappa shape index (κ1) is 31.0. The largest absolute Gasteiger partial charge is 0.322 e. The van der Waals surface area contributed by atoms with E-state index in [0.717, 1.165) is 0 Å². The number of hydrogen-bond acceptors (Lipinski definition) is 6. The highest BCUT2D eigenvalue weighted by atomic mass is 32.2. The topological polar surface area (TPSA) is 133 Å². The van der Waals surface area contributed by atoms with Crippen molar-refractivity contribution < 1.29 is 26.4 Å². The van der Waals surface area contributed by atoms with Crippen LogP contribution in [0.5, 0.6) is 0 Å². The molecule has 0 atom stereocenters. The van der Waals surface area contributed by atoms with Gasteiger partial charge in [-0.25, -0.2) is 16.8 Å². The number of anilines is 2. The molecule has 0 bridgehead atoms. The molecule has 0 aliphatic heterocycles. The molecule has 214 valence electrons. The third-order valence-electron chi connectivity index (χ3n) is 6.26. The Labute approximate surface area is 236 Å². The Bertz CT molecular complexity index is 1470. The Hall–Kier alpha value is -3.58. The Balaban J connectivity index is 1.77. The lowest BCUT2D eigenvalue weighted by Crippen LogP contribution is -2.30. The van der Waals surface area contributed by atoms with Crippen LogP contribution < -0.4 is 10.6 Å². The molecule has 3 aromatic rings. The van der Waals surface area contributed by atoms with Crippen LogP contribution in [0.2, 0.25) is 0 Å². The second kappa shape index (κ2) is 13.2. The molecule has 0 fully saturated rings. The van der Waals surface area contributed by atoms with Crippen molar-refractivity contribution >= 4 is 43.2 Å². The Morgan fingerprint density at radius 1 is 0.575 bits per heavy atom. The number of carbonyl (C=O) groups excluding carboxylic acids is 2. The van der Waals surface area contributed by atoms with Crippen LogP contribution in [-0.4, -0.2) is 63.4 Å². The Morgan fingerprint density at radius 3 is 1.27 bits per heavy atom. The highest BCUT2D eigenvalue weighted by Gasteiger charge is 2.24. The molecular formula is C28H34N4O6S2. The van der Waals surface area contributed by atoms with E-state index in [1.807, 2.05) is 0 Å². The van der Waals surface area contributed by atoms with E-state index in [2.05, 4.69) is 10.6 Å². The summed E-state index contributed by atoms with van der Waals surface area (Å²) in [5.41, 5.74) is 1.07. The summed E-state index contributed by atoms with van der Waals surface area (Å²) in [6, 6.07) is 18.0. The van der Waals surface area contributed by atoms with Gasteiger partial charge in [0, 0.05) is 48.7 Å². The molecule has 0 saturated carbocycles. The number of hydrogen-bond donors (Lipinski definition) is 2. The van der Waals surface area contributed by atoms with Gasteiger partial charge in [0.1, 0.15) is 0 Å². The third kappa shape index (κ3) is 6.94. The zero-order valence-electron chi connectivity index (χ0n) is 22.9. The van der Waals surface area contributed by atoms with Gasteiger partial charge in [-0.15, -0.1) is 0 Å². The number of sulfonamides is 2. The lowest BCUT2D eigenvalue weighted by molar-refractivity contribution is 0.101. The van der Waals surface area contributed by atoms with Crippen molar-refractivity contribution in [2.45, 2.75) is 37.5 Å². The number of amides is 2. The van der Waals surface area contributed by atoms with Gasteiger partial charge in [-0.1, -0.05) is 45.9 Å². The molecule has 3 rings (SSSR count). The second-order valence-electron chi connectivity index (χ2n) is 8.72. The normalized spacial score (nSPS) is 11.9. The van der Waals surface area contributed by atoms with Gasteiger partial charge in [0.2, 0.25) is 20.0 Å². The third-order valence-corrected chi connectivity index (χ3v) is 10.3. The molecule has 10 nitrogen and oxygen atoms in total. The molecule has 0 aromatic heterocycles. The summed E-state index contributed by atoms with van der Waals surface area (Å²) < 4.78 is 54.0. The van der Waals surface area contributed by atoms with Gasteiger partial charge in [0.05, 0.1) is 9.79 Å². The van der Waals surface area contributed by atoms with Crippen LogP contribution in [0.25, 0.3) is 0 Å². The van der Waals surface area contributed by atoms with E-state index in [1.165, 1.54) is 57.1 Å². The summed E-state index contributed by atoms with van der Waals surface area (Å²) in [7, 11) is -7.46. The molecule has 12 heteroatoms. The predicted molar refractivity (Wildman–Crippen MR) is 155 cm³/mol. The van der Waals surface area contributed by atoms with Crippen molar-refractivity contribution in [3.8, 4) is 0 Å². The molecule has 40 heavy (non-hydrogen) atoms. The first-order valence-electron chi connectivity index (χ1n) is 12.9. The SMILES string of the molecule is CCN(CC)S(=O)(=O)c1cccc(C(=O)Nc2cccc(NC(=O)c3cccc(S(=O)(=O)N(CC)CC)c3)c2)c1. The summed E-state index contributed by atoms with van der Waals surface area (Å²) in [5, 5.41) is 5.44. The van der Waals surface area contributed by atoms with Crippen molar-refractivity contribution in [1.29, 1.82) is 0 Å². The van der Waals surface area contributed by atoms with E-state index in [0.29, 0.717) is 37.6 Å². The lowest BCUT2D eigenvalue weighted by Gasteiger charge is -2.18. The van der Waals surface area contributed by atoms with Crippen molar-refractivity contribution in [3.05, 3.63) is 83.9 Å². The maximum absolute atomic E-state index is 12.9. The summed E-state index contributed by atoms with van der Waals surface area (Å²) >= 11 is 0. The summed E-state index contributed by atoms with van der Waals surface area (Å²) in [5.74, 6) is -1.04. The van der Waals surface area contributed by atoms with Gasteiger partial charge < -0.3 is 10.6 Å². The molecule has 2 amide bonds. The van der Waals surface area contributed by atoms with Crippen LogP contribution in [0, 0.1) is 0 Å². The average Bonchev–Trinajstić information content (AvgIpc) is 2.94. The highest BCUT2D eigenvalue weighted by Crippen LogP contribution is 2.21. The molecular weight excluding hydrogens is 552 g/mol. The number of carbonyl (C=O) groups is 2. The molecule has 0 aliphatic rings. The molecule has 0 radical (unpaired) electrons. The summed E-state index contributed by atoms with van der Waals surface area (Å²) in [4.78, 5) is 25.9. The van der Waals surface area contributed by atoms with E-state index in [4.69, 9.17) is 0 Å². The molecule has 0 saturated heterocycles. The minimum Gasteiger partial charge on any atom is -0.322 e. The molecule has 0 aliphatic carbocycles. The number of nitrogens with one attached hydrogen (secondary N) is 2. The summed E-state index contributed by atoms with van der Waals surface area (Å²) in [6.07, 6.45) is 0. The first-order valence-corrected chi connectivity index (χ1v) is 15.8. The zero-order valence-corrected chi connectivity index (χ0v) is 24.6. The maximum Gasteiger partial charge on any atom is 0.255 e. The summed E-state index contributed by atoms with van der Waals surface area (Å²) in [6.45, 7) is 8.21. The Morgan fingerprint density at radius 2 is 0.925 bits per heavy atom. The fourth-order valence-electron chi connectivity index (χ4n) is 4.10. The fraction of sp³-hybridized carbons (Fsp3) is 0.286. The maximum atomic E-state index is 12.9. The van der Waals surface area contributed by atoms with Crippen LogP contribution in [-0.2, 0) is 20.0 Å². The van der Waals surface area contributed by atoms with Gasteiger partial charge in [0.15, 0.2) is 0 Å². The van der Waals surface area contributed by atoms with E-state index in [-0.39, 0.29) is 20.9 Å². The minimum absolute atomic E-state index is 0.0232. The molecule has 2 N–H and O–H groups in total. The predicted octanol–water partition coefficient (Wildman–Crippen LogP) is 4.25. The van der Waals surface area contributed by atoms with Crippen molar-refractivity contribution in [2.75, 3.05) is 36.8 Å². The molecule has 0 unspecified atom stereocenters. The number of benzene rings is 3. The van der Waals surface area contributed by atoms with Gasteiger partial charge in [-0.05, 0) is 54.6 Å². The number of rotatable bonds is 12. The van der Waals surface area contributed by atoms with Crippen LogP contribution in [0.1, 0.15) is 48.4 Å². The Kier molecular flexibility index (Phi) is 10.2. The zero-order chi connectivity index (χ0) is 29.5. The van der Waals surface area contributed by atoms with E-state index < -0.39 is 31.9 Å². The fourth-order valence-corrected chi connectivity index (χ4v) is 7.11. The van der Waals surface area contributed by atoms with Gasteiger partial charge in [-0.2, -0.15) is 8.61 Å². The van der Waals surface area contributed by atoms with Crippen LogP contribution >= 0.6 is 0 Å². The first-order chi connectivity index (χ1) is 19.0. The van der Waals surface area contributed by atoms with Crippen LogP contribution in [0.15, 0.2) is 82.6 Å². The molecule has 0 heterocycles. The smallest absolute Gasteiger partial charge is 0.255 e. The standard InChI is InChI=1S/C28H34N4O6S2/c1-5-31(6-2)39(35,36)25-16-9-12-21(18-25)27(33)29-23-14-11-15-24(20-23)30-28(34)22-13-10-17-26(19-22)40(37,38)32(7-3)8-4/h9-20H,5-8H2,1-4H3,(H,29,33)(H,30,34). The quantitative estimate of drug-likeness (QED) is 0.326.